The number of carbonyl (C=O) groups is 2. The van der Waals surface area contributed by atoms with Gasteiger partial charge in [0.05, 0.1) is 0 Å². The third-order valence-corrected chi connectivity index (χ3v) is 0. The molecule has 0 aliphatic heterocycles. The van der Waals surface area contributed by atoms with E-state index >= 15 is 0 Å². The van der Waals surface area contributed by atoms with E-state index in [2.05, 4.69) is 13.2 Å². The fraction of sp³-hybridized carbons (Fsp3) is 0. The topological polar surface area (TPSA) is 74.6 Å². The fourth-order valence-electron chi connectivity index (χ4n) is 0. The average Bonchev–Trinajstić information content (AvgIpc) is 1.66. The summed E-state index contributed by atoms with van der Waals surface area (Å²) in [6.45, 7) is 6.00. The van der Waals surface area contributed by atoms with Gasteiger partial charge in [-0.2, -0.15) is 0 Å². The van der Waals surface area contributed by atoms with Crippen LogP contribution in [0.1, 0.15) is 0 Å². The van der Waals surface area contributed by atoms with E-state index in [1.165, 1.54) is 0 Å². The summed E-state index contributed by atoms with van der Waals surface area (Å²) in [4.78, 5) is 16.7. The van der Waals surface area contributed by atoms with Crippen LogP contribution < -0.4 is 0 Å². The molecule has 10 heavy (non-hydrogen) atoms. The van der Waals surface area contributed by atoms with Gasteiger partial charge < -0.3 is 10.2 Å². The molecule has 2 N–H and O–H groups in total. The predicted octanol–water partition coefficient (Wildman–Crippen LogP) is 2.07. The van der Waals surface area contributed by atoms with E-state index < -0.39 is 12.4 Å². The molecule has 0 rings (SSSR count). The highest BCUT2D eigenvalue weighted by atomic mass is 19.1. The zero-order valence-corrected chi connectivity index (χ0v) is 4.88. The highest BCUT2D eigenvalue weighted by molar-refractivity contribution is 5.54. The Hall–Kier alpha value is -1.46. The van der Waals surface area contributed by atoms with Crippen molar-refractivity contribution in [3.8, 4) is 0 Å². The number of hydrogen-bond donors (Lipinski definition) is 2. The zero-order chi connectivity index (χ0) is 9.15. The minimum atomic E-state index is -2.33. The first-order valence-electron chi connectivity index (χ1n) is 1.73. The summed E-state index contributed by atoms with van der Waals surface area (Å²) in [5, 5.41) is 13.5. The van der Waals surface area contributed by atoms with Crippen LogP contribution in [0.4, 0.5) is 18.4 Å². The van der Waals surface area contributed by atoms with E-state index in [0.717, 1.165) is 0 Å². The average molecular weight is 156 g/mol. The summed E-state index contributed by atoms with van der Waals surface area (Å²) in [6, 6.07) is 0. The van der Waals surface area contributed by atoms with Gasteiger partial charge in [0, 0.05) is 0 Å². The molecular weight excluding hydrogens is 150 g/mol. The molecule has 0 amide bonds. The molecule has 0 aliphatic rings. The quantitative estimate of drug-likeness (QED) is 0.415. The van der Waals surface area contributed by atoms with Gasteiger partial charge in [-0.1, -0.05) is 0 Å². The minimum Gasteiger partial charge on any atom is -0.456 e. The summed E-state index contributed by atoms with van der Waals surface area (Å²) in [7, 11) is 0. The van der Waals surface area contributed by atoms with Crippen molar-refractivity contribution < 1.29 is 28.6 Å². The van der Waals surface area contributed by atoms with Crippen LogP contribution in [0, 0.1) is 0 Å². The van der Waals surface area contributed by atoms with E-state index in [-0.39, 0.29) is 0 Å². The van der Waals surface area contributed by atoms with Crippen LogP contribution in [0.15, 0.2) is 13.2 Å². The van der Waals surface area contributed by atoms with Crippen LogP contribution >= 0.6 is 0 Å². The molecule has 60 valence electrons. The summed E-state index contributed by atoms with van der Waals surface area (Å²) in [5.41, 5.74) is 0. The lowest BCUT2D eigenvalue weighted by Crippen LogP contribution is -1.69. The number of hydrogen-bond acceptors (Lipinski definition) is 2. The lowest BCUT2D eigenvalue weighted by molar-refractivity contribution is 0.167. The van der Waals surface area contributed by atoms with Crippen molar-refractivity contribution in [3.05, 3.63) is 13.2 Å². The van der Waals surface area contributed by atoms with Crippen molar-refractivity contribution >= 4 is 12.4 Å². The van der Waals surface area contributed by atoms with Crippen molar-refractivity contribution in [2.75, 3.05) is 0 Å². The molecule has 4 nitrogen and oxygen atoms in total. The standard InChI is InChI=1S/C2H4.2CHFO2/c1-2;2*2-1(3)4/h1-2H2;2*(H,3,4). The normalized spacial score (nSPS) is 5.40. The molecule has 0 saturated heterocycles. The lowest BCUT2D eigenvalue weighted by Gasteiger charge is -1.53. The first-order valence-corrected chi connectivity index (χ1v) is 1.73. The first kappa shape index (κ1) is 15.8. The van der Waals surface area contributed by atoms with E-state index in [0.29, 0.717) is 0 Å². The van der Waals surface area contributed by atoms with Crippen LogP contribution in [0.5, 0.6) is 0 Å². The Kier molecular flexibility index (Phi) is 24.8. The Morgan fingerprint density at radius 1 is 1.00 bits per heavy atom. The number of halogens is 2. The molecule has 0 heterocycles. The number of carboxylic acid groups (broad SMARTS) is 2. The monoisotopic (exact) mass is 156 g/mol. The van der Waals surface area contributed by atoms with Gasteiger partial charge in [-0.25, -0.2) is 9.59 Å². The second-order valence-corrected chi connectivity index (χ2v) is 0.506. The SMILES string of the molecule is C=C.O=C(O)F.O=C(O)F. The minimum absolute atomic E-state index is 2.33. The molecule has 0 fully saturated rings. The maximum Gasteiger partial charge on any atom is 0.492 e. The molecular formula is C4H6F2O4. The highest BCUT2D eigenvalue weighted by Gasteiger charge is 1.74. The Labute approximate surface area is 55.4 Å². The largest absolute Gasteiger partial charge is 0.492 e. The van der Waals surface area contributed by atoms with Crippen LogP contribution in [0.3, 0.4) is 0 Å². The molecule has 0 aromatic carbocycles. The second-order valence-electron chi connectivity index (χ2n) is 0.506. The van der Waals surface area contributed by atoms with Crippen molar-refractivity contribution in [2.24, 2.45) is 0 Å². The van der Waals surface area contributed by atoms with Gasteiger partial charge in [0.25, 0.3) is 0 Å². The van der Waals surface area contributed by atoms with Gasteiger partial charge in [-0.15, -0.1) is 21.9 Å². The van der Waals surface area contributed by atoms with E-state index in [9.17, 15) is 8.78 Å². The first-order chi connectivity index (χ1) is 4.46. The Morgan fingerprint density at radius 2 is 1.00 bits per heavy atom. The molecule has 0 unspecified atom stereocenters. The molecule has 0 radical (unpaired) electrons. The fourth-order valence-corrected chi connectivity index (χ4v) is 0. The Balaban J connectivity index is -0.0000000787. The summed E-state index contributed by atoms with van der Waals surface area (Å²) >= 11 is 0. The summed E-state index contributed by atoms with van der Waals surface area (Å²) in [5.74, 6) is 0. The van der Waals surface area contributed by atoms with Crippen molar-refractivity contribution in [3.63, 3.8) is 0 Å². The van der Waals surface area contributed by atoms with Crippen LogP contribution in [-0.4, -0.2) is 22.7 Å². The smallest absolute Gasteiger partial charge is 0.456 e. The van der Waals surface area contributed by atoms with E-state index in [1.54, 1.807) is 0 Å². The highest BCUT2D eigenvalue weighted by Crippen LogP contribution is 1.58. The van der Waals surface area contributed by atoms with Crippen molar-refractivity contribution in [1.82, 2.24) is 0 Å². The maximum atomic E-state index is 9.92. The molecule has 0 aromatic heterocycles. The summed E-state index contributed by atoms with van der Waals surface area (Å²) in [6.07, 6.45) is -4.67. The molecule has 0 aliphatic carbocycles. The van der Waals surface area contributed by atoms with Gasteiger partial charge in [0.15, 0.2) is 0 Å². The van der Waals surface area contributed by atoms with Crippen molar-refractivity contribution in [2.45, 2.75) is 0 Å². The van der Waals surface area contributed by atoms with Crippen LogP contribution in [-0.2, 0) is 0 Å². The molecule has 0 aromatic rings. The molecule has 6 heteroatoms. The number of rotatable bonds is 0. The third kappa shape index (κ3) is 94.2. The van der Waals surface area contributed by atoms with Gasteiger partial charge in [0.2, 0.25) is 0 Å². The van der Waals surface area contributed by atoms with E-state index in [4.69, 9.17) is 19.8 Å². The Bertz CT molecular complexity index is 83.4. The predicted molar refractivity (Wildman–Crippen MR) is 29.5 cm³/mol. The van der Waals surface area contributed by atoms with Gasteiger partial charge >= 0.3 is 12.4 Å². The van der Waals surface area contributed by atoms with Crippen molar-refractivity contribution in [1.29, 1.82) is 0 Å². The van der Waals surface area contributed by atoms with Crippen LogP contribution in [0.25, 0.3) is 0 Å². The molecule has 0 saturated carbocycles. The molecule has 0 spiro atoms. The molecule has 0 bridgehead atoms. The van der Waals surface area contributed by atoms with E-state index in [1.807, 2.05) is 0 Å². The Morgan fingerprint density at radius 3 is 1.00 bits per heavy atom. The van der Waals surface area contributed by atoms with Gasteiger partial charge in [-0.05, 0) is 0 Å². The third-order valence-electron chi connectivity index (χ3n) is 0. The lowest BCUT2D eigenvalue weighted by atomic mass is 11.3. The zero-order valence-electron chi connectivity index (χ0n) is 4.88. The second kappa shape index (κ2) is 15.6. The maximum absolute atomic E-state index is 9.92. The van der Waals surface area contributed by atoms with Crippen LogP contribution in [0.2, 0.25) is 0 Å². The summed E-state index contributed by atoms with van der Waals surface area (Å²) < 4.78 is 19.8. The van der Waals surface area contributed by atoms with Gasteiger partial charge in [0.1, 0.15) is 0 Å². The molecule has 0 atom stereocenters. The van der Waals surface area contributed by atoms with Gasteiger partial charge in [-0.3, -0.25) is 0 Å².